The summed E-state index contributed by atoms with van der Waals surface area (Å²) >= 11 is 0. The Morgan fingerprint density at radius 3 is 1.40 bits per heavy atom. The van der Waals surface area contributed by atoms with E-state index in [0.29, 0.717) is 0 Å². The molecule has 0 nitrogen and oxygen atoms in total. The summed E-state index contributed by atoms with van der Waals surface area (Å²) in [4.78, 5) is 0. The molecule has 126 valence electrons. The van der Waals surface area contributed by atoms with E-state index in [9.17, 15) is 0 Å². The third kappa shape index (κ3) is 4.10. The van der Waals surface area contributed by atoms with E-state index in [-0.39, 0.29) is 50.7 Å². The average molecular weight is 534 g/mol. The van der Waals surface area contributed by atoms with Gasteiger partial charge in [-0.3, -0.25) is 0 Å². The Labute approximate surface area is 181 Å². The zero-order chi connectivity index (χ0) is 15.1. The Morgan fingerprint density at radius 2 is 1.00 bits per heavy atom. The molecule has 0 aliphatic carbocycles. The van der Waals surface area contributed by atoms with Crippen LogP contribution in [0, 0.1) is 13.8 Å². The van der Waals surface area contributed by atoms with E-state index >= 15 is 0 Å². The third-order valence-electron chi connectivity index (χ3n) is 4.89. The molecule has 0 aromatic heterocycles. The normalized spacial score (nSPS) is 10.2. The predicted octanol–water partition coefficient (Wildman–Crippen LogP) is -0.162. The van der Waals surface area contributed by atoms with Gasteiger partial charge >= 0.3 is 25.8 Å². The van der Waals surface area contributed by atoms with Crippen LogP contribution in [-0.4, -0.2) is 0 Å². The van der Waals surface area contributed by atoms with Gasteiger partial charge in [0.2, 0.25) is 0 Å². The van der Waals surface area contributed by atoms with Crippen LogP contribution in [0.15, 0.2) is 60.7 Å². The fourth-order valence-electron chi connectivity index (χ4n) is 3.77. The SMILES string of the molecule is Cc1[cH-]c2ccccc2c1CCc1c(C)[cH-]c2ccccc12.[Cl-].[Cl-].[Hf+4]. The van der Waals surface area contributed by atoms with Gasteiger partial charge in [0.05, 0.1) is 0 Å². The average Bonchev–Trinajstić information content (AvgIpc) is 3.01. The standard InChI is InChI=1S/C22H20.2ClH.Hf/c1-15-13-17-7-3-5-9-21(17)19(15)11-12-20-16(2)14-18-8-4-6-10-22(18)20;;;/h3-10,13-14H,11-12H2,1-2H3;2*1H;/q-2;;;+4/p-2. The molecule has 0 unspecified atom stereocenters. The largest absolute Gasteiger partial charge is 4.00 e. The smallest absolute Gasteiger partial charge is 1.00 e. The summed E-state index contributed by atoms with van der Waals surface area (Å²) in [5.41, 5.74) is 5.88. The Hall–Kier alpha value is -0.890. The Kier molecular flexibility index (Phi) is 8.12. The van der Waals surface area contributed by atoms with Crippen molar-refractivity contribution in [2.24, 2.45) is 0 Å². The molecular formula is C22H20Cl2Hf. The maximum atomic E-state index is 2.32. The quantitative estimate of drug-likeness (QED) is 0.254. The summed E-state index contributed by atoms with van der Waals surface area (Å²) in [7, 11) is 0. The molecule has 0 fully saturated rings. The molecule has 4 aromatic rings. The van der Waals surface area contributed by atoms with Crippen LogP contribution in [0.4, 0.5) is 0 Å². The third-order valence-corrected chi connectivity index (χ3v) is 4.89. The molecule has 0 aliphatic heterocycles. The topological polar surface area (TPSA) is 0 Å². The van der Waals surface area contributed by atoms with Crippen molar-refractivity contribution >= 4 is 21.5 Å². The van der Waals surface area contributed by atoms with E-state index in [1.54, 1.807) is 0 Å². The van der Waals surface area contributed by atoms with Crippen LogP contribution in [0.1, 0.15) is 22.3 Å². The van der Waals surface area contributed by atoms with Crippen LogP contribution in [0.3, 0.4) is 0 Å². The van der Waals surface area contributed by atoms with E-state index in [0.717, 1.165) is 12.8 Å². The van der Waals surface area contributed by atoms with Gasteiger partial charge in [0.1, 0.15) is 0 Å². The molecule has 3 heteroatoms. The van der Waals surface area contributed by atoms with Crippen molar-refractivity contribution in [3.05, 3.63) is 82.9 Å². The fourth-order valence-corrected chi connectivity index (χ4v) is 3.77. The van der Waals surface area contributed by atoms with Gasteiger partial charge in [-0.15, -0.1) is 81.2 Å². The number of halogens is 2. The minimum Gasteiger partial charge on any atom is -1.00 e. The van der Waals surface area contributed by atoms with Crippen LogP contribution < -0.4 is 24.8 Å². The number of rotatable bonds is 3. The molecule has 0 amide bonds. The predicted molar refractivity (Wildman–Crippen MR) is 96.0 cm³/mol. The van der Waals surface area contributed by atoms with Gasteiger partial charge in [0, 0.05) is 0 Å². The summed E-state index contributed by atoms with van der Waals surface area (Å²) in [5, 5.41) is 5.60. The second-order valence-corrected chi connectivity index (χ2v) is 6.29. The molecule has 4 rings (SSSR count). The Bertz CT molecular complexity index is 883. The minimum absolute atomic E-state index is 0. The van der Waals surface area contributed by atoms with Gasteiger partial charge in [0.25, 0.3) is 0 Å². The van der Waals surface area contributed by atoms with Crippen molar-refractivity contribution in [3.63, 3.8) is 0 Å². The molecule has 0 spiro atoms. The van der Waals surface area contributed by atoms with Crippen molar-refractivity contribution in [2.75, 3.05) is 0 Å². The summed E-state index contributed by atoms with van der Waals surface area (Å²) in [6, 6.07) is 22.1. The molecule has 0 saturated heterocycles. The minimum atomic E-state index is 0. The maximum absolute atomic E-state index is 2.32. The van der Waals surface area contributed by atoms with Crippen LogP contribution in [-0.2, 0) is 38.7 Å². The number of aryl methyl sites for hydroxylation is 4. The number of benzene rings is 2. The monoisotopic (exact) mass is 534 g/mol. The summed E-state index contributed by atoms with van der Waals surface area (Å²) in [6.07, 6.45) is 2.24. The van der Waals surface area contributed by atoms with Crippen LogP contribution in [0.5, 0.6) is 0 Å². The van der Waals surface area contributed by atoms with E-state index in [2.05, 4.69) is 74.5 Å². The van der Waals surface area contributed by atoms with E-state index in [1.807, 2.05) is 0 Å². The van der Waals surface area contributed by atoms with Gasteiger partial charge in [0.15, 0.2) is 0 Å². The Morgan fingerprint density at radius 1 is 0.640 bits per heavy atom. The van der Waals surface area contributed by atoms with Gasteiger partial charge < -0.3 is 24.8 Å². The van der Waals surface area contributed by atoms with Gasteiger partial charge in [-0.2, -0.15) is 11.1 Å². The molecule has 0 radical (unpaired) electrons. The molecule has 0 aliphatic rings. The molecular weight excluding hydrogens is 514 g/mol. The summed E-state index contributed by atoms with van der Waals surface area (Å²) in [6.45, 7) is 4.48. The molecule has 25 heavy (non-hydrogen) atoms. The maximum Gasteiger partial charge on any atom is 4.00 e. The summed E-state index contributed by atoms with van der Waals surface area (Å²) in [5.74, 6) is 0. The van der Waals surface area contributed by atoms with E-state index in [1.165, 1.54) is 43.8 Å². The number of hydrogen-bond donors (Lipinski definition) is 0. The zero-order valence-corrected chi connectivity index (χ0v) is 19.5. The molecule has 0 bridgehead atoms. The molecule has 0 saturated carbocycles. The van der Waals surface area contributed by atoms with Crippen molar-refractivity contribution < 1.29 is 50.7 Å². The number of hydrogen-bond acceptors (Lipinski definition) is 0. The van der Waals surface area contributed by atoms with Crippen LogP contribution in [0.2, 0.25) is 0 Å². The van der Waals surface area contributed by atoms with Gasteiger partial charge in [-0.05, 0) is 0 Å². The fraction of sp³-hybridized carbons (Fsp3) is 0.182. The molecule has 0 N–H and O–H groups in total. The Balaban J connectivity index is 0.00000104. The first kappa shape index (κ1) is 22.2. The second-order valence-electron chi connectivity index (χ2n) is 6.29. The molecule has 0 heterocycles. The van der Waals surface area contributed by atoms with E-state index in [4.69, 9.17) is 0 Å². The summed E-state index contributed by atoms with van der Waals surface area (Å²) < 4.78 is 0. The van der Waals surface area contributed by atoms with Crippen molar-refractivity contribution in [2.45, 2.75) is 26.7 Å². The first-order valence-electron chi connectivity index (χ1n) is 8.02. The van der Waals surface area contributed by atoms with Gasteiger partial charge in [-0.1, -0.05) is 38.8 Å². The molecule has 0 atom stereocenters. The van der Waals surface area contributed by atoms with Crippen molar-refractivity contribution in [3.8, 4) is 0 Å². The van der Waals surface area contributed by atoms with Gasteiger partial charge in [-0.25, -0.2) is 0 Å². The van der Waals surface area contributed by atoms with Crippen LogP contribution in [0.25, 0.3) is 21.5 Å². The van der Waals surface area contributed by atoms with E-state index < -0.39 is 0 Å². The van der Waals surface area contributed by atoms with Crippen molar-refractivity contribution in [1.29, 1.82) is 0 Å². The second kappa shape index (κ2) is 9.16. The zero-order valence-electron chi connectivity index (χ0n) is 14.4. The molecule has 4 aromatic carbocycles. The first-order valence-corrected chi connectivity index (χ1v) is 8.02. The van der Waals surface area contributed by atoms with Crippen LogP contribution >= 0.6 is 0 Å². The number of fused-ring (bicyclic) bond motifs is 2. The first-order chi connectivity index (χ1) is 10.7. The van der Waals surface area contributed by atoms with Crippen molar-refractivity contribution in [1.82, 2.24) is 0 Å².